The fourth-order valence-electron chi connectivity index (χ4n) is 0.955. The predicted octanol–water partition coefficient (Wildman–Crippen LogP) is 1.64. The maximum Gasteiger partial charge on any atom is 0.159 e. The minimum Gasteiger partial charge on any atom is -0.506 e. The lowest BCUT2D eigenvalue weighted by molar-refractivity contribution is 0.101. The highest BCUT2D eigenvalue weighted by Crippen LogP contribution is 2.23. The number of aromatic hydroxyl groups is 1. The monoisotopic (exact) mass is 165 g/mol. The minimum absolute atomic E-state index is 0.00787. The Morgan fingerprint density at radius 3 is 2.67 bits per heavy atom. The number of benzene rings is 1. The number of phenols is 1. The first-order valence-corrected chi connectivity index (χ1v) is 3.67. The van der Waals surface area contributed by atoms with Crippen LogP contribution < -0.4 is 5.32 Å². The second-order valence-corrected chi connectivity index (χ2v) is 2.54. The fraction of sp³-hybridized carbons (Fsp3) is 0.222. The molecule has 0 saturated carbocycles. The van der Waals surface area contributed by atoms with Crippen LogP contribution in [0, 0.1) is 0 Å². The zero-order chi connectivity index (χ0) is 9.14. The topological polar surface area (TPSA) is 49.3 Å². The molecule has 0 saturated heterocycles. The van der Waals surface area contributed by atoms with Crippen molar-refractivity contribution in [3.05, 3.63) is 23.8 Å². The van der Waals surface area contributed by atoms with E-state index in [0.29, 0.717) is 11.3 Å². The summed E-state index contributed by atoms with van der Waals surface area (Å²) < 4.78 is 0. The number of nitrogens with one attached hydrogen (secondary N) is 1. The van der Waals surface area contributed by atoms with Crippen LogP contribution in [-0.2, 0) is 0 Å². The number of carbonyl (C=O) groups is 1. The Labute approximate surface area is 71.0 Å². The summed E-state index contributed by atoms with van der Waals surface area (Å²) in [7, 11) is 1.69. The van der Waals surface area contributed by atoms with Crippen molar-refractivity contribution in [2.75, 3.05) is 12.4 Å². The van der Waals surface area contributed by atoms with Crippen molar-refractivity contribution < 1.29 is 9.90 Å². The molecule has 0 spiro atoms. The first-order chi connectivity index (χ1) is 5.65. The van der Waals surface area contributed by atoms with Crippen molar-refractivity contribution in [3.63, 3.8) is 0 Å². The average Bonchev–Trinajstić information content (AvgIpc) is 2.05. The van der Waals surface area contributed by atoms with Crippen molar-refractivity contribution >= 4 is 11.5 Å². The highest BCUT2D eigenvalue weighted by molar-refractivity contribution is 5.95. The van der Waals surface area contributed by atoms with E-state index in [1.807, 2.05) is 0 Å². The van der Waals surface area contributed by atoms with E-state index in [1.165, 1.54) is 13.0 Å². The molecule has 0 amide bonds. The molecule has 1 rings (SSSR count). The largest absolute Gasteiger partial charge is 0.506 e. The smallest absolute Gasteiger partial charge is 0.159 e. The van der Waals surface area contributed by atoms with Crippen molar-refractivity contribution in [1.29, 1.82) is 0 Å². The summed E-state index contributed by atoms with van der Waals surface area (Å²) in [6.07, 6.45) is 0. The number of Topliss-reactive ketones (excluding diaryl/α,β-unsaturated/α-hetero) is 1. The van der Waals surface area contributed by atoms with Crippen LogP contribution in [0.15, 0.2) is 18.2 Å². The van der Waals surface area contributed by atoms with Gasteiger partial charge in [-0.1, -0.05) is 0 Å². The molecular weight excluding hydrogens is 154 g/mol. The van der Waals surface area contributed by atoms with Crippen LogP contribution >= 0.6 is 0 Å². The van der Waals surface area contributed by atoms with Crippen LogP contribution in [0.3, 0.4) is 0 Å². The summed E-state index contributed by atoms with van der Waals surface area (Å²) in [4.78, 5) is 10.9. The lowest BCUT2D eigenvalue weighted by Crippen LogP contribution is -1.95. The molecule has 64 valence electrons. The number of hydrogen-bond donors (Lipinski definition) is 2. The molecule has 0 radical (unpaired) electrons. The van der Waals surface area contributed by atoms with Gasteiger partial charge in [-0.3, -0.25) is 4.79 Å². The first kappa shape index (κ1) is 8.59. The van der Waals surface area contributed by atoms with Crippen LogP contribution in [-0.4, -0.2) is 17.9 Å². The van der Waals surface area contributed by atoms with Gasteiger partial charge in [-0.05, 0) is 25.1 Å². The second kappa shape index (κ2) is 3.26. The molecule has 0 aliphatic rings. The summed E-state index contributed by atoms with van der Waals surface area (Å²) in [5.41, 5.74) is 1.17. The molecule has 0 fully saturated rings. The molecule has 0 aliphatic carbocycles. The van der Waals surface area contributed by atoms with Gasteiger partial charge in [-0.25, -0.2) is 0 Å². The summed E-state index contributed by atoms with van der Waals surface area (Å²) in [5, 5.41) is 12.0. The molecule has 0 aliphatic heterocycles. The third kappa shape index (κ3) is 1.56. The molecule has 0 heterocycles. The minimum atomic E-state index is -0.00787. The van der Waals surface area contributed by atoms with E-state index in [2.05, 4.69) is 5.32 Å². The number of ketones is 1. The zero-order valence-corrected chi connectivity index (χ0v) is 7.09. The average molecular weight is 165 g/mol. The van der Waals surface area contributed by atoms with Gasteiger partial charge in [-0.15, -0.1) is 0 Å². The molecule has 2 N–H and O–H groups in total. The fourth-order valence-corrected chi connectivity index (χ4v) is 0.955. The quantitative estimate of drug-likeness (QED) is 0.517. The van der Waals surface area contributed by atoms with E-state index in [0.717, 1.165) is 0 Å². The van der Waals surface area contributed by atoms with E-state index in [1.54, 1.807) is 19.2 Å². The van der Waals surface area contributed by atoms with Crippen molar-refractivity contribution in [2.24, 2.45) is 0 Å². The van der Waals surface area contributed by atoms with Gasteiger partial charge in [0.05, 0.1) is 5.69 Å². The summed E-state index contributed by atoms with van der Waals surface area (Å²) in [6.45, 7) is 1.49. The van der Waals surface area contributed by atoms with Gasteiger partial charge in [0.2, 0.25) is 0 Å². The van der Waals surface area contributed by atoms with Gasteiger partial charge in [0.15, 0.2) is 5.78 Å². The van der Waals surface area contributed by atoms with E-state index in [4.69, 9.17) is 0 Å². The Kier molecular flexibility index (Phi) is 2.33. The number of phenolic OH excluding ortho intramolecular Hbond substituents is 1. The summed E-state index contributed by atoms with van der Waals surface area (Å²) in [6, 6.07) is 4.72. The SMILES string of the molecule is CNc1cc(C(C)=O)ccc1O. The lowest BCUT2D eigenvalue weighted by atomic mass is 10.1. The second-order valence-electron chi connectivity index (χ2n) is 2.54. The Balaban J connectivity index is 3.13. The van der Waals surface area contributed by atoms with Gasteiger partial charge in [0.25, 0.3) is 0 Å². The maximum absolute atomic E-state index is 10.9. The lowest BCUT2D eigenvalue weighted by Gasteiger charge is -2.04. The number of rotatable bonds is 2. The molecule has 1 aromatic rings. The van der Waals surface area contributed by atoms with Crippen LogP contribution in [0.1, 0.15) is 17.3 Å². The van der Waals surface area contributed by atoms with Crippen LogP contribution in [0.4, 0.5) is 5.69 Å². The van der Waals surface area contributed by atoms with Gasteiger partial charge in [-0.2, -0.15) is 0 Å². The highest BCUT2D eigenvalue weighted by atomic mass is 16.3. The highest BCUT2D eigenvalue weighted by Gasteiger charge is 2.03. The summed E-state index contributed by atoms with van der Waals surface area (Å²) >= 11 is 0. The molecule has 3 heteroatoms. The third-order valence-corrected chi connectivity index (χ3v) is 1.67. The Morgan fingerprint density at radius 1 is 1.50 bits per heavy atom. The van der Waals surface area contributed by atoms with Gasteiger partial charge < -0.3 is 10.4 Å². The first-order valence-electron chi connectivity index (χ1n) is 3.67. The van der Waals surface area contributed by atoms with Gasteiger partial charge >= 0.3 is 0 Å². The molecule has 0 aromatic heterocycles. The zero-order valence-electron chi connectivity index (χ0n) is 7.09. The summed E-state index contributed by atoms with van der Waals surface area (Å²) in [5.74, 6) is 0.147. The third-order valence-electron chi connectivity index (χ3n) is 1.67. The Bertz CT molecular complexity index is 307. The molecule has 1 aromatic carbocycles. The van der Waals surface area contributed by atoms with Crippen molar-refractivity contribution in [2.45, 2.75) is 6.92 Å². The Morgan fingerprint density at radius 2 is 2.17 bits per heavy atom. The normalized spacial score (nSPS) is 9.50. The molecule has 12 heavy (non-hydrogen) atoms. The molecular formula is C9H11NO2. The van der Waals surface area contributed by atoms with Gasteiger partial charge in [0, 0.05) is 12.6 Å². The van der Waals surface area contributed by atoms with E-state index in [9.17, 15) is 9.90 Å². The van der Waals surface area contributed by atoms with Crippen molar-refractivity contribution in [3.8, 4) is 5.75 Å². The number of carbonyl (C=O) groups excluding carboxylic acids is 1. The van der Waals surface area contributed by atoms with E-state index < -0.39 is 0 Å². The number of anilines is 1. The predicted molar refractivity (Wildman–Crippen MR) is 47.7 cm³/mol. The van der Waals surface area contributed by atoms with Crippen molar-refractivity contribution in [1.82, 2.24) is 0 Å². The molecule has 0 bridgehead atoms. The Hall–Kier alpha value is -1.51. The van der Waals surface area contributed by atoms with E-state index >= 15 is 0 Å². The number of hydrogen-bond acceptors (Lipinski definition) is 3. The van der Waals surface area contributed by atoms with Crippen LogP contribution in [0.5, 0.6) is 5.75 Å². The molecule has 0 atom stereocenters. The van der Waals surface area contributed by atoms with Gasteiger partial charge in [0.1, 0.15) is 5.75 Å². The molecule has 0 unspecified atom stereocenters. The van der Waals surface area contributed by atoms with Crippen LogP contribution in [0.2, 0.25) is 0 Å². The standard InChI is InChI=1S/C9H11NO2/c1-6(11)7-3-4-9(12)8(5-7)10-2/h3-5,10,12H,1-2H3. The maximum atomic E-state index is 10.9. The van der Waals surface area contributed by atoms with E-state index in [-0.39, 0.29) is 11.5 Å². The molecule has 3 nitrogen and oxygen atoms in total. The van der Waals surface area contributed by atoms with Crippen LogP contribution in [0.25, 0.3) is 0 Å².